The van der Waals surface area contributed by atoms with Crippen molar-refractivity contribution in [2.45, 2.75) is 38.6 Å². The topological polar surface area (TPSA) is 115 Å². The molecule has 0 atom stereocenters. The summed E-state index contributed by atoms with van der Waals surface area (Å²) in [6.45, 7) is 5.49. The van der Waals surface area contributed by atoms with Crippen LogP contribution in [0, 0.1) is 5.92 Å². The van der Waals surface area contributed by atoms with Crippen molar-refractivity contribution in [3.8, 4) is 0 Å². The van der Waals surface area contributed by atoms with E-state index in [-0.39, 0.29) is 0 Å². The van der Waals surface area contributed by atoms with Crippen molar-refractivity contribution in [1.82, 2.24) is 9.21 Å². The maximum Gasteiger partial charge on any atom is 0.414 e. The smallest absolute Gasteiger partial charge is 0.414 e. The highest BCUT2D eigenvalue weighted by molar-refractivity contribution is 7.88. The van der Waals surface area contributed by atoms with Gasteiger partial charge < -0.3 is 10.2 Å². The Morgan fingerprint density at radius 1 is 0.913 bits per heavy atom. The predicted molar refractivity (Wildman–Crippen MR) is 84.7 cm³/mol. The second-order valence-corrected chi connectivity index (χ2v) is 8.20. The first kappa shape index (κ1) is 19.9. The van der Waals surface area contributed by atoms with Crippen molar-refractivity contribution < 1.29 is 28.2 Å². The van der Waals surface area contributed by atoms with Crippen LogP contribution in [0.4, 0.5) is 0 Å². The van der Waals surface area contributed by atoms with Crippen LogP contribution >= 0.6 is 0 Å². The van der Waals surface area contributed by atoms with Crippen LogP contribution in [-0.4, -0.2) is 78.3 Å². The summed E-state index contributed by atoms with van der Waals surface area (Å²) in [5, 5.41) is 14.8. The third-order valence-corrected chi connectivity index (χ3v) is 5.73. The van der Waals surface area contributed by atoms with Gasteiger partial charge in [0, 0.05) is 32.2 Å². The highest BCUT2D eigenvalue weighted by Gasteiger charge is 2.29. The summed E-state index contributed by atoms with van der Waals surface area (Å²) in [6, 6.07) is 0.702. The average molecular weight is 350 g/mol. The lowest BCUT2D eigenvalue weighted by Gasteiger charge is -2.40. The van der Waals surface area contributed by atoms with Gasteiger partial charge in [0.1, 0.15) is 0 Å². The molecule has 23 heavy (non-hydrogen) atoms. The summed E-state index contributed by atoms with van der Waals surface area (Å²) in [5.74, 6) is -2.77. The second-order valence-electron chi connectivity index (χ2n) is 6.22. The first-order chi connectivity index (χ1) is 10.6. The number of carbonyl (C=O) groups is 2. The van der Waals surface area contributed by atoms with Gasteiger partial charge >= 0.3 is 11.9 Å². The molecular weight excluding hydrogens is 324 g/mol. The number of sulfonamides is 1. The van der Waals surface area contributed by atoms with Crippen molar-refractivity contribution in [1.29, 1.82) is 0 Å². The number of rotatable bonds is 2. The Balaban J connectivity index is 0.000000379. The van der Waals surface area contributed by atoms with Crippen LogP contribution < -0.4 is 0 Å². The lowest BCUT2D eigenvalue weighted by molar-refractivity contribution is -0.159. The highest BCUT2D eigenvalue weighted by atomic mass is 32.2. The summed E-state index contributed by atoms with van der Waals surface area (Å²) in [4.78, 5) is 20.7. The lowest BCUT2D eigenvalue weighted by atomic mass is 9.86. The van der Waals surface area contributed by atoms with Gasteiger partial charge in [-0.3, -0.25) is 4.90 Å². The minimum absolute atomic E-state index is 0.672. The minimum atomic E-state index is -2.98. The average Bonchev–Trinajstić information content (AvgIpc) is 2.48. The van der Waals surface area contributed by atoms with Crippen LogP contribution in [0.2, 0.25) is 0 Å². The fourth-order valence-corrected chi connectivity index (χ4v) is 3.83. The van der Waals surface area contributed by atoms with E-state index in [1.807, 2.05) is 0 Å². The number of hydrogen-bond donors (Lipinski definition) is 2. The molecule has 1 heterocycles. The van der Waals surface area contributed by atoms with Crippen molar-refractivity contribution >= 4 is 22.0 Å². The normalized spacial score (nSPS) is 26.9. The van der Waals surface area contributed by atoms with Gasteiger partial charge in [-0.2, -0.15) is 4.31 Å². The number of carboxylic acid groups (broad SMARTS) is 2. The Morgan fingerprint density at radius 3 is 1.70 bits per heavy atom. The third-order valence-electron chi connectivity index (χ3n) is 4.43. The largest absolute Gasteiger partial charge is 0.473 e. The molecule has 1 aliphatic heterocycles. The van der Waals surface area contributed by atoms with E-state index < -0.39 is 22.0 Å². The number of carboxylic acids is 2. The molecule has 9 heteroatoms. The number of piperazine rings is 1. The summed E-state index contributed by atoms with van der Waals surface area (Å²) >= 11 is 0. The molecule has 2 N–H and O–H groups in total. The van der Waals surface area contributed by atoms with Crippen LogP contribution in [0.3, 0.4) is 0 Å². The van der Waals surface area contributed by atoms with Gasteiger partial charge in [-0.1, -0.05) is 6.92 Å². The van der Waals surface area contributed by atoms with Crippen LogP contribution in [0.25, 0.3) is 0 Å². The molecule has 2 aliphatic rings. The van der Waals surface area contributed by atoms with Gasteiger partial charge in [0.2, 0.25) is 10.0 Å². The van der Waals surface area contributed by atoms with Gasteiger partial charge in [0.15, 0.2) is 0 Å². The molecule has 2 rings (SSSR count). The molecule has 0 aromatic rings. The quantitative estimate of drug-likeness (QED) is 0.688. The molecule has 0 aromatic carbocycles. The summed E-state index contributed by atoms with van der Waals surface area (Å²) < 4.78 is 24.4. The summed E-state index contributed by atoms with van der Waals surface area (Å²) in [7, 11) is -2.98. The summed E-state index contributed by atoms with van der Waals surface area (Å²) in [5.41, 5.74) is 0. The minimum Gasteiger partial charge on any atom is -0.473 e. The molecule has 0 radical (unpaired) electrons. The van der Waals surface area contributed by atoms with Crippen LogP contribution in [0.5, 0.6) is 0 Å². The molecule has 2 fully saturated rings. The molecule has 0 spiro atoms. The molecule has 0 bridgehead atoms. The van der Waals surface area contributed by atoms with Gasteiger partial charge in [-0.15, -0.1) is 0 Å². The van der Waals surface area contributed by atoms with Crippen molar-refractivity contribution in [2.75, 3.05) is 32.4 Å². The summed E-state index contributed by atoms with van der Waals surface area (Å²) in [6.07, 6.45) is 6.55. The monoisotopic (exact) mass is 350 g/mol. The maximum absolute atomic E-state index is 11.4. The van der Waals surface area contributed by atoms with Gasteiger partial charge in [-0.05, 0) is 31.6 Å². The zero-order valence-electron chi connectivity index (χ0n) is 13.6. The first-order valence-electron chi connectivity index (χ1n) is 7.76. The van der Waals surface area contributed by atoms with E-state index in [4.69, 9.17) is 19.8 Å². The molecule has 1 saturated heterocycles. The number of aliphatic carboxylic acids is 2. The highest BCUT2D eigenvalue weighted by Crippen LogP contribution is 2.27. The Bertz CT molecular complexity index is 493. The van der Waals surface area contributed by atoms with Crippen molar-refractivity contribution in [3.05, 3.63) is 0 Å². The molecule has 0 aromatic heterocycles. The van der Waals surface area contributed by atoms with Gasteiger partial charge in [0.25, 0.3) is 0 Å². The SMILES string of the molecule is CC1CCC(N2CCN(S(C)(=O)=O)CC2)CC1.O=C(O)C(=O)O. The molecule has 1 aliphatic carbocycles. The molecule has 1 saturated carbocycles. The molecular formula is C14H26N2O6S. The lowest BCUT2D eigenvalue weighted by Crippen LogP contribution is -2.52. The van der Waals surface area contributed by atoms with E-state index in [1.165, 1.54) is 31.9 Å². The third kappa shape index (κ3) is 6.84. The van der Waals surface area contributed by atoms with E-state index in [0.29, 0.717) is 19.1 Å². The fraction of sp³-hybridized carbons (Fsp3) is 0.857. The standard InChI is InChI=1S/C12H24N2O2S.C2H2O4/c1-11-3-5-12(6-4-11)13-7-9-14(10-8-13)17(2,15)16;3-1(4)2(5)6/h11-12H,3-10H2,1-2H3;(H,3,4)(H,5,6). The molecule has 0 amide bonds. The Labute approximate surface area is 137 Å². The van der Waals surface area contributed by atoms with E-state index >= 15 is 0 Å². The predicted octanol–water partition coefficient (Wildman–Crippen LogP) is 0.298. The maximum atomic E-state index is 11.4. The van der Waals surface area contributed by atoms with Crippen molar-refractivity contribution in [2.24, 2.45) is 5.92 Å². The molecule has 0 unspecified atom stereocenters. The van der Waals surface area contributed by atoms with Gasteiger partial charge in [0.05, 0.1) is 6.26 Å². The van der Waals surface area contributed by atoms with Gasteiger partial charge in [-0.25, -0.2) is 18.0 Å². The second kappa shape index (κ2) is 8.60. The van der Waals surface area contributed by atoms with Crippen LogP contribution in [0.1, 0.15) is 32.6 Å². The van der Waals surface area contributed by atoms with Crippen LogP contribution in [0.15, 0.2) is 0 Å². The first-order valence-corrected chi connectivity index (χ1v) is 9.61. The molecule has 8 nitrogen and oxygen atoms in total. The Kier molecular flexibility index (Phi) is 7.43. The fourth-order valence-electron chi connectivity index (χ4n) is 3.01. The Morgan fingerprint density at radius 2 is 1.35 bits per heavy atom. The Hall–Kier alpha value is -1.19. The zero-order valence-corrected chi connectivity index (χ0v) is 14.5. The number of hydrogen-bond acceptors (Lipinski definition) is 5. The van der Waals surface area contributed by atoms with E-state index in [0.717, 1.165) is 19.0 Å². The van der Waals surface area contributed by atoms with E-state index in [1.54, 1.807) is 4.31 Å². The van der Waals surface area contributed by atoms with Crippen LogP contribution in [-0.2, 0) is 19.6 Å². The van der Waals surface area contributed by atoms with Crippen molar-refractivity contribution in [3.63, 3.8) is 0 Å². The van der Waals surface area contributed by atoms with E-state index in [9.17, 15) is 8.42 Å². The zero-order chi connectivity index (χ0) is 17.6. The number of nitrogens with zero attached hydrogens (tertiary/aromatic N) is 2. The van der Waals surface area contributed by atoms with E-state index in [2.05, 4.69) is 11.8 Å². The molecule has 134 valence electrons.